The fourth-order valence-corrected chi connectivity index (χ4v) is 2.43. The molecule has 2 heteroatoms. The molecule has 1 aromatic carbocycles. The van der Waals surface area contributed by atoms with E-state index in [1.165, 1.54) is 31.5 Å². The highest BCUT2D eigenvalue weighted by Gasteiger charge is 2.15. The first kappa shape index (κ1) is 11.6. The maximum absolute atomic E-state index is 12.7. The number of piperidine rings is 1. The normalized spacial score (nSPS) is 22.2. The first-order chi connectivity index (χ1) is 7.74. The molecule has 1 unspecified atom stereocenters. The first-order valence-corrected chi connectivity index (χ1v) is 6.21. The van der Waals surface area contributed by atoms with Crippen molar-refractivity contribution in [3.8, 4) is 0 Å². The second kappa shape index (κ2) is 5.44. The van der Waals surface area contributed by atoms with Crippen LogP contribution >= 0.6 is 0 Å². The Bertz CT molecular complexity index is 320. The molecule has 1 heterocycles. The molecule has 16 heavy (non-hydrogen) atoms. The second-order valence-electron chi connectivity index (χ2n) is 4.92. The van der Waals surface area contributed by atoms with Gasteiger partial charge in [-0.15, -0.1) is 0 Å². The highest BCUT2D eigenvalue weighted by Crippen LogP contribution is 2.15. The molecular formula is C14H20FN. The third kappa shape index (κ3) is 3.31. The lowest BCUT2D eigenvalue weighted by molar-refractivity contribution is 0.186. The maximum atomic E-state index is 12.7. The van der Waals surface area contributed by atoms with Crippen LogP contribution in [0, 0.1) is 11.7 Å². The first-order valence-electron chi connectivity index (χ1n) is 6.21. The lowest BCUT2D eigenvalue weighted by atomic mass is 10.00. The van der Waals surface area contributed by atoms with Gasteiger partial charge in [-0.05, 0) is 49.4 Å². The average molecular weight is 221 g/mol. The molecule has 0 spiro atoms. The number of likely N-dealkylation sites (tertiary alicyclic amines) is 1. The van der Waals surface area contributed by atoms with E-state index in [1.807, 2.05) is 12.1 Å². The average Bonchev–Trinajstić information content (AvgIpc) is 2.28. The van der Waals surface area contributed by atoms with Gasteiger partial charge in [-0.2, -0.15) is 0 Å². The summed E-state index contributed by atoms with van der Waals surface area (Å²) in [6.45, 7) is 5.88. The molecule has 0 N–H and O–H groups in total. The summed E-state index contributed by atoms with van der Waals surface area (Å²) in [5.74, 6) is 0.692. The van der Waals surface area contributed by atoms with Crippen LogP contribution in [0.4, 0.5) is 4.39 Å². The smallest absolute Gasteiger partial charge is 0.123 e. The maximum Gasteiger partial charge on any atom is 0.123 e. The number of nitrogens with zero attached hydrogens (tertiary/aromatic N) is 1. The monoisotopic (exact) mass is 221 g/mol. The zero-order valence-electron chi connectivity index (χ0n) is 9.95. The standard InChI is InChI=1S/C14H20FN/c1-12-3-2-9-16(11-12)10-8-13-4-6-14(15)7-5-13/h4-7,12H,2-3,8-11H2,1H3. The van der Waals surface area contributed by atoms with Gasteiger partial charge in [0, 0.05) is 13.1 Å². The molecule has 1 nitrogen and oxygen atoms in total. The van der Waals surface area contributed by atoms with Crippen LogP contribution in [0.5, 0.6) is 0 Å². The van der Waals surface area contributed by atoms with E-state index >= 15 is 0 Å². The Hall–Kier alpha value is -0.890. The van der Waals surface area contributed by atoms with E-state index in [9.17, 15) is 4.39 Å². The number of rotatable bonds is 3. The predicted octanol–water partition coefficient (Wildman–Crippen LogP) is 3.10. The summed E-state index contributed by atoms with van der Waals surface area (Å²) in [5, 5.41) is 0. The van der Waals surface area contributed by atoms with Crippen LogP contribution in [-0.4, -0.2) is 24.5 Å². The molecular weight excluding hydrogens is 201 g/mol. The largest absolute Gasteiger partial charge is 0.303 e. The predicted molar refractivity (Wildman–Crippen MR) is 64.9 cm³/mol. The minimum atomic E-state index is -0.143. The molecule has 0 radical (unpaired) electrons. The summed E-state index contributed by atoms with van der Waals surface area (Å²) in [6, 6.07) is 6.88. The van der Waals surface area contributed by atoms with E-state index < -0.39 is 0 Å². The van der Waals surface area contributed by atoms with Crippen LogP contribution in [0.3, 0.4) is 0 Å². The molecule has 0 aromatic heterocycles. The quantitative estimate of drug-likeness (QED) is 0.758. The van der Waals surface area contributed by atoms with E-state index in [1.54, 1.807) is 12.1 Å². The van der Waals surface area contributed by atoms with E-state index in [-0.39, 0.29) is 5.82 Å². The Morgan fingerprint density at radius 1 is 1.31 bits per heavy atom. The van der Waals surface area contributed by atoms with Crippen molar-refractivity contribution < 1.29 is 4.39 Å². The molecule has 0 amide bonds. The van der Waals surface area contributed by atoms with Gasteiger partial charge in [0.15, 0.2) is 0 Å². The third-order valence-corrected chi connectivity index (χ3v) is 3.37. The molecule has 1 aliphatic heterocycles. The van der Waals surface area contributed by atoms with Crippen LogP contribution in [0.1, 0.15) is 25.3 Å². The molecule has 1 aromatic rings. The van der Waals surface area contributed by atoms with Crippen LogP contribution < -0.4 is 0 Å². The second-order valence-corrected chi connectivity index (χ2v) is 4.92. The van der Waals surface area contributed by atoms with Crippen LogP contribution in [0.2, 0.25) is 0 Å². The summed E-state index contributed by atoms with van der Waals surface area (Å²) in [5.41, 5.74) is 1.24. The minimum absolute atomic E-state index is 0.143. The van der Waals surface area contributed by atoms with E-state index in [2.05, 4.69) is 11.8 Å². The highest BCUT2D eigenvalue weighted by molar-refractivity contribution is 5.16. The molecule has 88 valence electrons. The van der Waals surface area contributed by atoms with Crippen molar-refractivity contribution in [2.45, 2.75) is 26.2 Å². The Morgan fingerprint density at radius 2 is 2.06 bits per heavy atom. The summed E-state index contributed by atoms with van der Waals surface area (Å²) in [4.78, 5) is 2.53. The van der Waals surface area contributed by atoms with Gasteiger partial charge < -0.3 is 4.90 Å². The molecule has 2 rings (SSSR count). The molecule has 0 aliphatic carbocycles. The fraction of sp³-hybridized carbons (Fsp3) is 0.571. The van der Waals surface area contributed by atoms with E-state index in [4.69, 9.17) is 0 Å². The van der Waals surface area contributed by atoms with E-state index in [0.29, 0.717) is 0 Å². The molecule has 1 fully saturated rings. The van der Waals surface area contributed by atoms with Gasteiger partial charge in [0.1, 0.15) is 5.82 Å². The Balaban J connectivity index is 1.80. The molecule has 1 saturated heterocycles. The van der Waals surface area contributed by atoms with E-state index in [0.717, 1.165) is 18.9 Å². The van der Waals surface area contributed by atoms with Crippen molar-refractivity contribution in [3.05, 3.63) is 35.6 Å². The van der Waals surface area contributed by atoms with Crippen LogP contribution in [0.25, 0.3) is 0 Å². The van der Waals surface area contributed by atoms with Gasteiger partial charge in [0.25, 0.3) is 0 Å². The Morgan fingerprint density at radius 3 is 2.75 bits per heavy atom. The molecule has 1 aliphatic rings. The Kier molecular flexibility index (Phi) is 3.94. The zero-order chi connectivity index (χ0) is 11.4. The summed E-state index contributed by atoms with van der Waals surface area (Å²) in [6.07, 6.45) is 3.73. The highest BCUT2D eigenvalue weighted by atomic mass is 19.1. The third-order valence-electron chi connectivity index (χ3n) is 3.37. The number of hydrogen-bond donors (Lipinski definition) is 0. The van der Waals surface area contributed by atoms with Gasteiger partial charge in [-0.25, -0.2) is 4.39 Å². The van der Waals surface area contributed by atoms with Gasteiger partial charge in [-0.3, -0.25) is 0 Å². The van der Waals surface area contributed by atoms with Crippen LogP contribution in [-0.2, 0) is 6.42 Å². The molecule has 0 saturated carbocycles. The van der Waals surface area contributed by atoms with Gasteiger partial charge in [-0.1, -0.05) is 19.1 Å². The van der Waals surface area contributed by atoms with Crippen molar-refractivity contribution in [2.75, 3.05) is 19.6 Å². The lowest BCUT2D eigenvalue weighted by Crippen LogP contribution is -2.35. The van der Waals surface area contributed by atoms with Crippen molar-refractivity contribution in [1.29, 1.82) is 0 Å². The van der Waals surface area contributed by atoms with Crippen molar-refractivity contribution in [1.82, 2.24) is 4.90 Å². The van der Waals surface area contributed by atoms with Gasteiger partial charge in [0.05, 0.1) is 0 Å². The van der Waals surface area contributed by atoms with Crippen LogP contribution in [0.15, 0.2) is 24.3 Å². The van der Waals surface area contributed by atoms with Gasteiger partial charge >= 0.3 is 0 Å². The topological polar surface area (TPSA) is 3.24 Å². The lowest BCUT2D eigenvalue weighted by Gasteiger charge is -2.30. The number of hydrogen-bond acceptors (Lipinski definition) is 1. The number of halogens is 1. The summed E-state index contributed by atoms with van der Waals surface area (Å²) < 4.78 is 12.7. The SMILES string of the molecule is CC1CCCN(CCc2ccc(F)cc2)C1. The summed E-state index contributed by atoms with van der Waals surface area (Å²) >= 11 is 0. The Labute approximate surface area is 97.3 Å². The zero-order valence-corrected chi connectivity index (χ0v) is 9.95. The molecule has 1 atom stereocenters. The fourth-order valence-electron chi connectivity index (χ4n) is 2.43. The molecule has 0 bridgehead atoms. The number of benzene rings is 1. The van der Waals surface area contributed by atoms with Crippen molar-refractivity contribution in [3.63, 3.8) is 0 Å². The summed E-state index contributed by atoms with van der Waals surface area (Å²) in [7, 11) is 0. The van der Waals surface area contributed by atoms with Gasteiger partial charge in [0.2, 0.25) is 0 Å². The van der Waals surface area contributed by atoms with Crippen molar-refractivity contribution in [2.24, 2.45) is 5.92 Å². The minimum Gasteiger partial charge on any atom is -0.303 e. The van der Waals surface area contributed by atoms with Crippen molar-refractivity contribution >= 4 is 0 Å².